The molecular formula is C24H31N3O. The molecule has 2 rings (SSSR count). The number of benzene rings is 1. The van der Waals surface area contributed by atoms with E-state index >= 15 is 0 Å². The second-order valence-corrected chi connectivity index (χ2v) is 6.76. The fourth-order valence-electron chi connectivity index (χ4n) is 3.11. The van der Waals surface area contributed by atoms with Gasteiger partial charge >= 0.3 is 0 Å². The number of nitrogens with zero attached hydrogens (tertiary/aromatic N) is 2. The van der Waals surface area contributed by atoms with Gasteiger partial charge < -0.3 is 10.2 Å². The van der Waals surface area contributed by atoms with Crippen LogP contribution in [0.25, 0.3) is 6.08 Å². The molecule has 0 aliphatic rings. The third-order valence-corrected chi connectivity index (χ3v) is 4.70. The molecule has 1 amide bonds. The quantitative estimate of drug-likeness (QED) is 0.501. The van der Waals surface area contributed by atoms with Gasteiger partial charge in [0.2, 0.25) is 5.91 Å². The van der Waals surface area contributed by atoms with Crippen LogP contribution in [0.3, 0.4) is 0 Å². The molecule has 4 heteroatoms. The number of hydrogen-bond acceptors (Lipinski definition) is 3. The lowest BCUT2D eigenvalue weighted by Crippen LogP contribution is -2.24. The zero-order valence-electron chi connectivity index (χ0n) is 16.6. The van der Waals surface area contributed by atoms with Gasteiger partial charge in [0.15, 0.2) is 0 Å². The van der Waals surface area contributed by atoms with Crippen molar-refractivity contribution in [2.75, 3.05) is 18.0 Å². The number of pyridine rings is 1. The predicted molar refractivity (Wildman–Crippen MR) is 118 cm³/mol. The van der Waals surface area contributed by atoms with Crippen molar-refractivity contribution in [1.82, 2.24) is 10.3 Å². The average molecular weight is 378 g/mol. The third kappa shape index (κ3) is 7.39. The van der Waals surface area contributed by atoms with Crippen molar-refractivity contribution in [3.63, 3.8) is 0 Å². The topological polar surface area (TPSA) is 45.2 Å². The van der Waals surface area contributed by atoms with Gasteiger partial charge in [-0.25, -0.2) is 0 Å². The Hall–Kier alpha value is -2.88. The van der Waals surface area contributed by atoms with Crippen molar-refractivity contribution in [2.24, 2.45) is 0 Å². The van der Waals surface area contributed by atoms with Crippen molar-refractivity contribution in [2.45, 2.75) is 38.5 Å². The number of unbranched alkanes of at least 4 members (excludes halogenated alkanes) is 3. The molecule has 0 aliphatic heterocycles. The minimum absolute atomic E-state index is 0.114. The molecule has 1 aromatic heterocycles. The maximum absolute atomic E-state index is 11.9. The molecular weight excluding hydrogens is 346 g/mol. The maximum Gasteiger partial charge on any atom is 0.220 e. The van der Waals surface area contributed by atoms with E-state index in [-0.39, 0.29) is 5.91 Å². The molecule has 0 spiro atoms. The summed E-state index contributed by atoms with van der Waals surface area (Å²) in [5.41, 5.74) is 3.37. The molecule has 0 unspecified atom stereocenters. The molecule has 148 valence electrons. The van der Waals surface area contributed by atoms with Crippen molar-refractivity contribution < 1.29 is 4.79 Å². The van der Waals surface area contributed by atoms with Crippen molar-refractivity contribution >= 4 is 17.7 Å². The van der Waals surface area contributed by atoms with E-state index in [0.717, 1.165) is 62.0 Å². The van der Waals surface area contributed by atoms with Gasteiger partial charge in [-0.3, -0.25) is 9.78 Å². The van der Waals surface area contributed by atoms with Crippen LogP contribution < -0.4 is 10.2 Å². The Morgan fingerprint density at radius 3 is 2.64 bits per heavy atom. The number of amides is 1. The lowest BCUT2D eigenvalue weighted by atomic mass is 10.1. The summed E-state index contributed by atoms with van der Waals surface area (Å²) in [6.07, 6.45) is 12.9. The highest BCUT2D eigenvalue weighted by Gasteiger charge is 2.06. The van der Waals surface area contributed by atoms with Crippen LogP contribution in [0.4, 0.5) is 5.69 Å². The molecule has 1 aromatic carbocycles. The predicted octanol–water partition coefficient (Wildman–Crippen LogP) is 4.98. The van der Waals surface area contributed by atoms with E-state index in [0.29, 0.717) is 6.42 Å². The molecule has 0 saturated carbocycles. The first-order valence-corrected chi connectivity index (χ1v) is 10.0. The molecule has 0 bridgehead atoms. The molecule has 0 fully saturated rings. The Morgan fingerprint density at radius 2 is 1.89 bits per heavy atom. The van der Waals surface area contributed by atoms with Gasteiger partial charge in [0.1, 0.15) is 0 Å². The van der Waals surface area contributed by atoms with Gasteiger partial charge in [-0.15, -0.1) is 0 Å². The fourth-order valence-corrected chi connectivity index (χ4v) is 3.11. The largest absolute Gasteiger partial charge is 0.356 e. The van der Waals surface area contributed by atoms with E-state index in [9.17, 15) is 4.79 Å². The normalized spacial score (nSPS) is 10.3. The van der Waals surface area contributed by atoms with E-state index in [1.807, 2.05) is 42.7 Å². The molecule has 0 saturated heterocycles. The number of nitrogens with one attached hydrogen (secondary N) is 1. The van der Waals surface area contributed by atoms with Gasteiger partial charge in [0.05, 0.1) is 0 Å². The van der Waals surface area contributed by atoms with Gasteiger partial charge in [-0.2, -0.15) is 0 Å². The monoisotopic (exact) mass is 377 g/mol. The summed E-state index contributed by atoms with van der Waals surface area (Å²) >= 11 is 0. The van der Waals surface area contributed by atoms with E-state index < -0.39 is 0 Å². The highest BCUT2D eigenvalue weighted by Crippen LogP contribution is 2.22. The molecule has 1 heterocycles. The van der Waals surface area contributed by atoms with Gasteiger partial charge in [-0.1, -0.05) is 56.3 Å². The Bertz CT molecular complexity index is 743. The zero-order chi connectivity index (χ0) is 20.0. The fraction of sp³-hybridized carbons (Fsp3) is 0.333. The number of carbonyl (C=O) groups excluding carboxylic acids is 1. The van der Waals surface area contributed by atoms with Crippen LogP contribution in [0, 0.1) is 0 Å². The molecule has 28 heavy (non-hydrogen) atoms. The number of rotatable bonds is 13. The summed E-state index contributed by atoms with van der Waals surface area (Å²) in [4.78, 5) is 18.1. The van der Waals surface area contributed by atoms with Crippen molar-refractivity contribution in [3.8, 4) is 0 Å². The minimum atomic E-state index is 0.114. The lowest BCUT2D eigenvalue weighted by Gasteiger charge is -2.22. The number of hydrogen-bond donors (Lipinski definition) is 1. The smallest absolute Gasteiger partial charge is 0.220 e. The van der Waals surface area contributed by atoms with E-state index in [1.165, 1.54) is 0 Å². The Labute approximate surface area is 169 Å². The number of anilines is 1. The SMILES string of the molecule is C=Cc1ccccc1N(C=C)CCCCCCNC(=O)CCc1cccnc1. The molecule has 0 atom stereocenters. The van der Waals surface area contributed by atoms with E-state index in [4.69, 9.17) is 0 Å². The standard InChI is InChI=1S/C24H31N3O/c1-3-22-13-7-8-14-23(22)27(4-2)19-10-6-5-9-18-26-24(28)16-15-21-12-11-17-25-20-21/h3-4,7-8,11-14,17,20H,1-2,5-6,9-10,15-16,18-19H2,(H,26,28). The van der Waals surface area contributed by atoms with Crippen LogP contribution in [0.15, 0.2) is 68.1 Å². The van der Waals surface area contributed by atoms with Crippen molar-refractivity contribution in [1.29, 1.82) is 0 Å². The van der Waals surface area contributed by atoms with Crippen LogP contribution in [0.2, 0.25) is 0 Å². The number of aromatic nitrogens is 1. The van der Waals surface area contributed by atoms with Crippen LogP contribution in [-0.2, 0) is 11.2 Å². The Morgan fingerprint density at radius 1 is 1.07 bits per heavy atom. The molecule has 0 aliphatic carbocycles. The van der Waals surface area contributed by atoms with Crippen LogP contribution in [0.5, 0.6) is 0 Å². The number of carbonyl (C=O) groups is 1. The summed E-state index contributed by atoms with van der Waals surface area (Å²) in [7, 11) is 0. The summed E-state index contributed by atoms with van der Waals surface area (Å²) in [5.74, 6) is 0.114. The second kappa shape index (κ2) is 12.5. The summed E-state index contributed by atoms with van der Waals surface area (Å²) in [6.45, 7) is 9.51. The molecule has 0 radical (unpaired) electrons. The molecule has 1 N–H and O–H groups in total. The minimum Gasteiger partial charge on any atom is -0.356 e. The Balaban J connectivity index is 1.56. The van der Waals surface area contributed by atoms with Gasteiger partial charge in [-0.05, 0) is 48.7 Å². The van der Waals surface area contributed by atoms with Crippen LogP contribution in [0.1, 0.15) is 43.2 Å². The molecule has 4 nitrogen and oxygen atoms in total. The van der Waals surface area contributed by atoms with Crippen LogP contribution in [-0.4, -0.2) is 24.0 Å². The highest BCUT2D eigenvalue weighted by atomic mass is 16.1. The van der Waals surface area contributed by atoms with Gasteiger partial charge in [0.25, 0.3) is 0 Å². The highest BCUT2D eigenvalue weighted by molar-refractivity contribution is 5.76. The summed E-state index contributed by atoms with van der Waals surface area (Å²) in [5, 5.41) is 3.01. The number of para-hydroxylation sites is 1. The van der Waals surface area contributed by atoms with Crippen molar-refractivity contribution in [3.05, 3.63) is 79.3 Å². The summed E-state index contributed by atoms with van der Waals surface area (Å²) < 4.78 is 0. The van der Waals surface area contributed by atoms with E-state index in [2.05, 4.69) is 40.5 Å². The molecule has 2 aromatic rings. The lowest BCUT2D eigenvalue weighted by molar-refractivity contribution is -0.121. The first-order valence-electron chi connectivity index (χ1n) is 10.0. The third-order valence-electron chi connectivity index (χ3n) is 4.70. The van der Waals surface area contributed by atoms with Crippen LogP contribution >= 0.6 is 0 Å². The summed E-state index contributed by atoms with van der Waals surface area (Å²) in [6, 6.07) is 12.1. The second-order valence-electron chi connectivity index (χ2n) is 6.76. The van der Waals surface area contributed by atoms with Gasteiger partial charge in [0, 0.05) is 37.6 Å². The van der Waals surface area contributed by atoms with E-state index in [1.54, 1.807) is 6.20 Å². The first kappa shape index (κ1) is 21.4. The average Bonchev–Trinajstić information content (AvgIpc) is 2.75. The number of aryl methyl sites for hydroxylation is 1. The first-order chi connectivity index (χ1) is 13.7. The maximum atomic E-state index is 11.9. The Kier molecular flexibility index (Phi) is 9.56. The zero-order valence-corrected chi connectivity index (χ0v) is 16.6.